The van der Waals surface area contributed by atoms with Gasteiger partial charge in [-0.2, -0.15) is 0 Å². The molecule has 0 saturated carbocycles. The summed E-state index contributed by atoms with van der Waals surface area (Å²) in [7, 11) is 0. The molecule has 1 aromatic heterocycles. The average Bonchev–Trinajstić information content (AvgIpc) is 2.61. The van der Waals surface area contributed by atoms with Gasteiger partial charge in [0.25, 0.3) is 0 Å². The van der Waals surface area contributed by atoms with Crippen molar-refractivity contribution in [2.24, 2.45) is 0 Å². The van der Waals surface area contributed by atoms with Gasteiger partial charge in [0.15, 0.2) is 5.69 Å². The van der Waals surface area contributed by atoms with Crippen LogP contribution in [0.2, 0.25) is 0 Å². The number of hydrogen-bond acceptors (Lipinski definition) is 2. The lowest BCUT2D eigenvalue weighted by molar-refractivity contribution is -0.634. The molecule has 0 atom stereocenters. The molecule has 0 aliphatic carbocycles. The van der Waals surface area contributed by atoms with Crippen LogP contribution in [0, 0.1) is 6.92 Å². The molecule has 2 aromatic rings. The van der Waals surface area contributed by atoms with Crippen molar-refractivity contribution in [2.45, 2.75) is 11.3 Å². The SMILES string of the molecule is CSc1scc(C)[n+]1-c1ccccc1.[I-]. The van der Waals surface area contributed by atoms with Crippen molar-refractivity contribution in [1.82, 2.24) is 0 Å². The maximum absolute atomic E-state index is 2.29. The normalized spacial score (nSPS) is 9.73. The molecular weight excluding hydrogens is 337 g/mol. The molecule has 0 aliphatic rings. The summed E-state index contributed by atoms with van der Waals surface area (Å²) in [6.45, 7) is 2.14. The van der Waals surface area contributed by atoms with Gasteiger partial charge in [-0.15, -0.1) is 4.57 Å². The van der Waals surface area contributed by atoms with E-state index in [0.29, 0.717) is 0 Å². The Morgan fingerprint density at radius 2 is 1.87 bits per heavy atom. The van der Waals surface area contributed by atoms with Crippen LogP contribution in [0.25, 0.3) is 5.69 Å². The number of aromatic nitrogens is 1. The molecule has 1 aromatic carbocycles. The van der Waals surface area contributed by atoms with Crippen molar-refractivity contribution in [2.75, 3.05) is 6.26 Å². The molecule has 0 amide bonds. The van der Waals surface area contributed by atoms with Crippen LogP contribution in [0.3, 0.4) is 0 Å². The smallest absolute Gasteiger partial charge is 0.303 e. The molecule has 0 unspecified atom stereocenters. The van der Waals surface area contributed by atoms with Crippen LogP contribution in [0.4, 0.5) is 0 Å². The van der Waals surface area contributed by atoms with E-state index in [9.17, 15) is 0 Å². The van der Waals surface area contributed by atoms with Gasteiger partial charge in [-0.05, 0) is 18.0 Å². The first-order valence-electron chi connectivity index (χ1n) is 4.42. The highest BCUT2D eigenvalue weighted by molar-refractivity contribution is 8.00. The Bertz CT molecular complexity index is 425. The molecule has 1 nitrogen and oxygen atoms in total. The molecule has 4 heteroatoms. The molecular formula is C11H12INS2. The van der Waals surface area contributed by atoms with Crippen molar-refractivity contribution in [3.05, 3.63) is 41.4 Å². The van der Waals surface area contributed by atoms with Crippen molar-refractivity contribution < 1.29 is 28.5 Å². The second kappa shape index (κ2) is 5.86. The zero-order chi connectivity index (χ0) is 9.97. The van der Waals surface area contributed by atoms with E-state index < -0.39 is 0 Å². The van der Waals surface area contributed by atoms with Gasteiger partial charge in [0.2, 0.25) is 5.69 Å². The largest absolute Gasteiger partial charge is 1.00 e. The monoisotopic (exact) mass is 349 g/mol. The lowest BCUT2D eigenvalue weighted by Crippen LogP contribution is -3.00. The van der Waals surface area contributed by atoms with Crippen LogP contribution < -0.4 is 28.5 Å². The van der Waals surface area contributed by atoms with Crippen molar-refractivity contribution >= 4 is 23.1 Å². The lowest BCUT2D eigenvalue weighted by atomic mass is 10.3. The minimum absolute atomic E-state index is 0. The molecule has 0 aliphatic heterocycles. The van der Waals surface area contributed by atoms with Crippen LogP contribution in [-0.4, -0.2) is 6.26 Å². The third kappa shape index (κ3) is 2.73. The number of thiazole rings is 1. The van der Waals surface area contributed by atoms with Crippen LogP contribution >= 0.6 is 23.1 Å². The number of nitrogens with zero attached hydrogens (tertiary/aromatic N) is 1. The molecule has 15 heavy (non-hydrogen) atoms. The van der Waals surface area contributed by atoms with Crippen LogP contribution in [-0.2, 0) is 0 Å². The second-order valence-corrected chi connectivity index (χ2v) is 4.93. The highest BCUT2D eigenvalue weighted by Crippen LogP contribution is 2.20. The zero-order valence-electron chi connectivity index (χ0n) is 8.61. The molecule has 0 radical (unpaired) electrons. The number of halogens is 1. The molecule has 0 spiro atoms. The van der Waals surface area contributed by atoms with Gasteiger partial charge < -0.3 is 24.0 Å². The van der Waals surface area contributed by atoms with Crippen molar-refractivity contribution in [3.8, 4) is 5.69 Å². The predicted molar refractivity (Wildman–Crippen MR) is 62.4 cm³/mol. The first-order chi connectivity index (χ1) is 6.83. The van der Waals surface area contributed by atoms with E-state index in [1.54, 1.807) is 23.1 Å². The van der Waals surface area contributed by atoms with E-state index in [-0.39, 0.29) is 24.0 Å². The highest BCUT2D eigenvalue weighted by atomic mass is 127. The summed E-state index contributed by atoms with van der Waals surface area (Å²) in [5.74, 6) is 0. The van der Waals surface area contributed by atoms with E-state index in [0.717, 1.165) is 0 Å². The summed E-state index contributed by atoms with van der Waals surface area (Å²) >= 11 is 3.59. The summed E-state index contributed by atoms with van der Waals surface area (Å²) in [4.78, 5) is 0. The van der Waals surface area contributed by atoms with Gasteiger partial charge in [-0.1, -0.05) is 29.5 Å². The van der Waals surface area contributed by atoms with Crippen LogP contribution in [0.15, 0.2) is 40.1 Å². The predicted octanol–water partition coefficient (Wildman–Crippen LogP) is 0.0591. The van der Waals surface area contributed by atoms with E-state index in [4.69, 9.17) is 0 Å². The summed E-state index contributed by atoms with van der Waals surface area (Å²) in [6, 6.07) is 10.5. The quantitative estimate of drug-likeness (QED) is 0.421. The van der Waals surface area contributed by atoms with E-state index >= 15 is 0 Å². The van der Waals surface area contributed by atoms with E-state index in [2.05, 4.69) is 47.4 Å². The highest BCUT2D eigenvalue weighted by Gasteiger charge is 2.18. The lowest BCUT2D eigenvalue weighted by Gasteiger charge is -1.95. The summed E-state index contributed by atoms with van der Waals surface area (Å²) in [5.41, 5.74) is 2.54. The standard InChI is InChI=1S/C11H12NS2.HI/c1-9-8-14-11(13-2)12(9)10-6-4-3-5-7-10;/h3-8H,1-2H3;1H/q+1;/p-1. The summed E-state index contributed by atoms with van der Waals surface area (Å²) in [6.07, 6.45) is 2.12. The molecule has 1 heterocycles. The van der Waals surface area contributed by atoms with E-state index in [1.807, 2.05) is 6.07 Å². The fourth-order valence-electron chi connectivity index (χ4n) is 1.41. The number of thioether (sulfide) groups is 1. The first kappa shape index (κ1) is 13.0. The molecule has 80 valence electrons. The number of rotatable bonds is 2. The fourth-order valence-corrected chi connectivity index (χ4v) is 3.10. The Labute approximate surface area is 116 Å². The van der Waals surface area contributed by atoms with Gasteiger partial charge >= 0.3 is 4.34 Å². The number of hydrogen-bond donors (Lipinski definition) is 0. The van der Waals surface area contributed by atoms with Crippen molar-refractivity contribution in [1.29, 1.82) is 0 Å². The van der Waals surface area contributed by atoms with E-state index in [1.165, 1.54) is 15.7 Å². The van der Waals surface area contributed by atoms with Gasteiger partial charge in [0.05, 0.1) is 5.38 Å². The third-order valence-corrected chi connectivity index (χ3v) is 4.22. The molecule has 0 N–H and O–H groups in total. The average molecular weight is 349 g/mol. The topological polar surface area (TPSA) is 3.88 Å². The first-order valence-corrected chi connectivity index (χ1v) is 6.53. The number of benzene rings is 1. The third-order valence-electron chi connectivity index (χ3n) is 2.05. The van der Waals surface area contributed by atoms with Gasteiger partial charge in [-0.25, -0.2) is 0 Å². The Morgan fingerprint density at radius 1 is 1.20 bits per heavy atom. The molecule has 0 bridgehead atoms. The van der Waals surface area contributed by atoms with Crippen LogP contribution in [0.1, 0.15) is 5.69 Å². The van der Waals surface area contributed by atoms with Crippen LogP contribution in [0.5, 0.6) is 0 Å². The maximum atomic E-state index is 2.29. The minimum atomic E-state index is 0. The summed E-state index contributed by atoms with van der Waals surface area (Å²) in [5, 5.41) is 2.19. The van der Waals surface area contributed by atoms with Gasteiger partial charge in [0.1, 0.15) is 0 Å². The van der Waals surface area contributed by atoms with Gasteiger partial charge in [0, 0.05) is 19.1 Å². The zero-order valence-corrected chi connectivity index (χ0v) is 12.4. The Morgan fingerprint density at radius 3 is 2.47 bits per heavy atom. The second-order valence-electron chi connectivity index (χ2n) is 3.02. The molecule has 2 rings (SSSR count). The minimum Gasteiger partial charge on any atom is -1.00 e. The molecule has 0 saturated heterocycles. The number of para-hydroxylation sites is 1. The summed E-state index contributed by atoms with van der Waals surface area (Å²) < 4.78 is 3.61. The Kier molecular flexibility index (Phi) is 5.08. The Hall–Kier alpha value is -0.0700. The fraction of sp³-hybridized carbons (Fsp3) is 0.182. The maximum Gasteiger partial charge on any atom is 0.303 e. The number of aryl methyl sites for hydroxylation is 1. The van der Waals surface area contributed by atoms with Crippen molar-refractivity contribution in [3.63, 3.8) is 0 Å². The van der Waals surface area contributed by atoms with Gasteiger partial charge in [-0.3, -0.25) is 0 Å². The Balaban J connectivity index is 0.00000112. The molecule has 0 fully saturated rings.